The zero-order valence-corrected chi connectivity index (χ0v) is 14.4. The van der Waals surface area contributed by atoms with Crippen LogP contribution >= 0.6 is 11.3 Å². The minimum Gasteiger partial charge on any atom is -0.297 e. The van der Waals surface area contributed by atoms with Gasteiger partial charge in [0.05, 0.1) is 18.3 Å². The maximum Gasteiger partial charge on any atom is 0.262 e. The van der Waals surface area contributed by atoms with E-state index in [9.17, 15) is 9.59 Å². The lowest BCUT2D eigenvalue weighted by molar-refractivity contribution is -0.126. The van der Waals surface area contributed by atoms with Gasteiger partial charge in [-0.15, -0.1) is 11.3 Å². The molecule has 1 aliphatic carbocycles. The Kier molecular flexibility index (Phi) is 3.71. The Morgan fingerprint density at radius 1 is 1.45 bits per heavy atom. The van der Waals surface area contributed by atoms with Crippen molar-refractivity contribution < 1.29 is 4.79 Å². The number of aromatic nitrogens is 2. The number of ketones is 1. The van der Waals surface area contributed by atoms with Crippen LogP contribution < -0.4 is 5.56 Å². The Balaban J connectivity index is 2.07. The molecule has 0 aliphatic heterocycles. The molecule has 0 fully saturated rings. The molecule has 0 saturated carbocycles. The molecule has 0 bridgehead atoms. The van der Waals surface area contributed by atoms with E-state index in [1.807, 2.05) is 20.8 Å². The molecule has 3 rings (SSSR count). The zero-order chi connectivity index (χ0) is 16.1. The Morgan fingerprint density at radius 3 is 2.86 bits per heavy atom. The molecule has 0 N–H and O–H groups in total. The third-order valence-electron chi connectivity index (χ3n) is 4.43. The fourth-order valence-corrected chi connectivity index (χ4v) is 4.21. The number of thiophene rings is 1. The molecule has 5 heteroatoms. The quantitative estimate of drug-likeness (QED) is 0.854. The third-order valence-corrected chi connectivity index (χ3v) is 5.60. The molecule has 0 radical (unpaired) electrons. The van der Waals surface area contributed by atoms with Crippen molar-refractivity contribution in [1.29, 1.82) is 0 Å². The van der Waals surface area contributed by atoms with Gasteiger partial charge in [0.15, 0.2) is 5.78 Å². The average Bonchev–Trinajstić information content (AvgIpc) is 2.78. The maximum absolute atomic E-state index is 12.8. The minimum atomic E-state index is -0.447. The van der Waals surface area contributed by atoms with Gasteiger partial charge in [0.2, 0.25) is 0 Å². The molecule has 0 amide bonds. The van der Waals surface area contributed by atoms with Crippen LogP contribution in [0.25, 0.3) is 10.2 Å². The van der Waals surface area contributed by atoms with Crippen molar-refractivity contribution >= 4 is 27.3 Å². The van der Waals surface area contributed by atoms with Gasteiger partial charge in [-0.05, 0) is 30.7 Å². The second-order valence-corrected chi connectivity index (χ2v) is 8.47. The second-order valence-electron chi connectivity index (χ2n) is 7.38. The number of fused-ring (bicyclic) bond motifs is 3. The van der Waals surface area contributed by atoms with Crippen LogP contribution in [0.4, 0.5) is 0 Å². The summed E-state index contributed by atoms with van der Waals surface area (Å²) in [5.74, 6) is 0.721. The standard InChI is InChI=1S/C17H22N2O2S/c1-10-5-6-11-12(7-10)22-15-14(11)16(21)19(9-18-15)8-13(20)17(2,3)4/h9-10H,5-8H2,1-4H3/t10-/m1/s1. The van der Waals surface area contributed by atoms with Crippen molar-refractivity contribution in [2.24, 2.45) is 11.3 Å². The first-order chi connectivity index (χ1) is 10.3. The summed E-state index contributed by atoms with van der Waals surface area (Å²) in [4.78, 5) is 31.6. The Hall–Kier alpha value is -1.49. The summed E-state index contributed by atoms with van der Waals surface area (Å²) >= 11 is 1.64. The lowest BCUT2D eigenvalue weighted by Gasteiger charge is -2.18. The molecule has 1 aliphatic rings. The van der Waals surface area contributed by atoms with Crippen LogP contribution in [-0.2, 0) is 24.2 Å². The Bertz CT molecular complexity index is 795. The Morgan fingerprint density at radius 2 is 2.18 bits per heavy atom. The molecule has 0 spiro atoms. The lowest BCUT2D eigenvalue weighted by Crippen LogP contribution is -2.31. The number of carbonyl (C=O) groups excluding carboxylic acids is 1. The molecular formula is C17H22N2O2S. The van der Waals surface area contributed by atoms with Gasteiger partial charge in [-0.25, -0.2) is 4.98 Å². The molecule has 118 valence electrons. The van der Waals surface area contributed by atoms with Crippen molar-refractivity contribution in [1.82, 2.24) is 9.55 Å². The monoisotopic (exact) mass is 318 g/mol. The summed E-state index contributed by atoms with van der Waals surface area (Å²) in [7, 11) is 0. The summed E-state index contributed by atoms with van der Waals surface area (Å²) < 4.78 is 1.47. The summed E-state index contributed by atoms with van der Waals surface area (Å²) in [5, 5.41) is 0.746. The van der Waals surface area contributed by atoms with Crippen molar-refractivity contribution in [2.75, 3.05) is 0 Å². The number of hydrogen-bond donors (Lipinski definition) is 0. The normalized spacial score (nSPS) is 18.5. The molecule has 4 nitrogen and oxygen atoms in total. The molecular weight excluding hydrogens is 296 g/mol. The van der Waals surface area contributed by atoms with Crippen LogP contribution in [0.5, 0.6) is 0 Å². The van der Waals surface area contributed by atoms with E-state index in [4.69, 9.17) is 0 Å². The first-order valence-electron chi connectivity index (χ1n) is 7.80. The fraction of sp³-hybridized carbons (Fsp3) is 0.588. The zero-order valence-electron chi connectivity index (χ0n) is 13.6. The molecule has 22 heavy (non-hydrogen) atoms. The van der Waals surface area contributed by atoms with Crippen molar-refractivity contribution in [3.63, 3.8) is 0 Å². The summed E-state index contributed by atoms with van der Waals surface area (Å²) in [6.07, 6.45) is 4.63. The van der Waals surface area contributed by atoms with Crippen molar-refractivity contribution in [2.45, 2.75) is 53.5 Å². The van der Waals surface area contributed by atoms with Gasteiger partial charge in [-0.2, -0.15) is 0 Å². The van der Waals surface area contributed by atoms with Crippen LogP contribution in [0.3, 0.4) is 0 Å². The van der Waals surface area contributed by atoms with E-state index in [0.717, 1.165) is 29.5 Å². The van der Waals surface area contributed by atoms with Gasteiger partial charge in [-0.1, -0.05) is 27.7 Å². The van der Waals surface area contributed by atoms with Crippen LogP contribution in [0.1, 0.15) is 44.6 Å². The number of Topliss-reactive ketones (excluding diaryl/α,β-unsaturated/α-hetero) is 1. The van der Waals surface area contributed by atoms with Crippen LogP contribution in [0.2, 0.25) is 0 Å². The van der Waals surface area contributed by atoms with E-state index in [1.165, 1.54) is 21.3 Å². The summed E-state index contributed by atoms with van der Waals surface area (Å²) in [6, 6.07) is 0. The van der Waals surface area contributed by atoms with E-state index in [1.54, 1.807) is 11.3 Å². The SMILES string of the molecule is C[C@@H]1CCc2c(sc3ncn(CC(=O)C(C)(C)C)c(=O)c23)C1. The molecule has 2 aromatic rings. The highest BCUT2D eigenvalue weighted by Gasteiger charge is 2.25. The molecule has 0 saturated heterocycles. The van der Waals surface area contributed by atoms with Crippen LogP contribution in [0, 0.1) is 11.3 Å². The van der Waals surface area contributed by atoms with Crippen molar-refractivity contribution in [3.8, 4) is 0 Å². The van der Waals surface area contributed by atoms with E-state index >= 15 is 0 Å². The van der Waals surface area contributed by atoms with Gasteiger partial charge >= 0.3 is 0 Å². The van der Waals surface area contributed by atoms with Gasteiger partial charge in [0, 0.05) is 10.3 Å². The van der Waals surface area contributed by atoms with Gasteiger partial charge < -0.3 is 0 Å². The average molecular weight is 318 g/mol. The number of aryl methyl sites for hydroxylation is 1. The minimum absolute atomic E-state index is 0.0495. The largest absolute Gasteiger partial charge is 0.297 e. The third kappa shape index (κ3) is 2.62. The first kappa shape index (κ1) is 15.4. The molecule has 0 aromatic carbocycles. The summed E-state index contributed by atoms with van der Waals surface area (Å²) in [6.45, 7) is 7.98. The van der Waals surface area contributed by atoms with Gasteiger partial charge in [0.1, 0.15) is 4.83 Å². The van der Waals surface area contributed by atoms with Crippen LogP contribution in [0.15, 0.2) is 11.1 Å². The molecule has 2 heterocycles. The number of hydrogen-bond acceptors (Lipinski definition) is 4. The Labute approximate surface area is 134 Å². The number of carbonyl (C=O) groups is 1. The van der Waals surface area contributed by atoms with Gasteiger partial charge in [-0.3, -0.25) is 14.2 Å². The van der Waals surface area contributed by atoms with E-state index < -0.39 is 5.41 Å². The predicted octanol–water partition coefficient (Wildman–Crippen LogP) is 3.20. The molecule has 1 atom stereocenters. The van der Waals surface area contributed by atoms with E-state index in [-0.39, 0.29) is 17.9 Å². The maximum atomic E-state index is 12.8. The summed E-state index contributed by atoms with van der Waals surface area (Å²) in [5.41, 5.74) is 0.667. The van der Waals surface area contributed by atoms with Crippen molar-refractivity contribution in [3.05, 3.63) is 27.1 Å². The number of rotatable bonds is 2. The highest BCUT2D eigenvalue weighted by Crippen LogP contribution is 2.35. The van der Waals surface area contributed by atoms with E-state index in [0.29, 0.717) is 5.92 Å². The molecule has 0 unspecified atom stereocenters. The second kappa shape index (κ2) is 5.30. The highest BCUT2D eigenvalue weighted by molar-refractivity contribution is 7.18. The van der Waals surface area contributed by atoms with Crippen LogP contribution in [-0.4, -0.2) is 15.3 Å². The molecule has 2 aromatic heterocycles. The number of nitrogens with zero attached hydrogens (tertiary/aromatic N) is 2. The smallest absolute Gasteiger partial charge is 0.262 e. The fourth-order valence-electron chi connectivity index (χ4n) is 2.87. The highest BCUT2D eigenvalue weighted by atomic mass is 32.1. The first-order valence-corrected chi connectivity index (χ1v) is 8.62. The topological polar surface area (TPSA) is 52.0 Å². The van der Waals surface area contributed by atoms with E-state index in [2.05, 4.69) is 11.9 Å². The van der Waals surface area contributed by atoms with Gasteiger partial charge in [0.25, 0.3) is 5.56 Å². The lowest BCUT2D eigenvalue weighted by atomic mass is 9.89. The predicted molar refractivity (Wildman–Crippen MR) is 89.5 cm³/mol.